The topological polar surface area (TPSA) is 52.6 Å². The number of allylic oxidation sites excluding steroid dienone is 3. The van der Waals surface area contributed by atoms with Crippen LogP contribution in [0.15, 0.2) is 24.8 Å². The van der Waals surface area contributed by atoms with Crippen LogP contribution in [0.2, 0.25) is 0 Å². The summed E-state index contributed by atoms with van der Waals surface area (Å²) in [6.45, 7) is 10.8. The molecule has 0 atom stereocenters. The smallest absolute Gasteiger partial charge is 0.327 e. The predicted octanol–water partition coefficient (Wildman–Crippen LogP) is 2.99. The van der Waals surface area contributed by atoms with Crippen molar-refractivity contribution in [1.29, 1.82) is 0 Å². The summed E-state index contributed by atoms with van der Waals surface area (Å²) in [4.78, 5) is 24.4. The predicted molar refractivity (Wildman–Crippen MR) is 72.1 cm³/mol. The van der Waals surface area contributed by atoms with Crippen LogP contribution in [0.3, 0.4) is 0 Å². The zero-order valence-electron chi connectivity index (χ0n) is 12.1. The van der Waals surface area contributed by atoms with Crippen molar-refractivity contribution in [3.8, 4) is 0 Å². The molecule has 1 aliphatic heterocycles. The van der Waals surface area contributed by atoms with E-state index in [0.717, 1.165) is 0 Å². The molecule has 4 heteroatoms. The van der Waals surface area contributed by atoms with Gasteiger partial charge in [-0.15, -0.1) is 6.58 Å². The van der Waals surface area contributed by atoms with Crippen LogP contribution in [-0.2, 0) is 19.1 Å². The molecule has 4 nitrogen and oxygen atoms in total. The first kappa shape index (κ1) is 15.5. The van der Waals surface area contributed by atoms with Gasteiger partial charge in [-0.2, -0.15) is 0 Å². The highest BCUT2D eigenvalue weighted by molar-refractivity contribution is 6.02. The van der Waals surface area contributed by atoms with E-state index < -0.39 is 23.1 Å². The van der Waals surface area contributed by atoms with Crippen LogP contribution >= 0.6 is 0 Å². The molecule has 0 N–H and O–H groups in total. The van der Waals surface area contributed by atoms with E-state index in [0.29, 0.717) is 5.92 Å². The maximum Gasteiger partial charge on any atom is 0.327 e. The lowest BCUT2D eigenvalue weighted by Crippen LogP contribution is -2.53. The number of cyclic esters (lactones) is 2. The van der Waals surface area contributed by atoms with Crippen molar-refractivity contribution in [3.05, 3.63) is 24.8 Å². The lowest BCUT2D eigenvalue weighted by Gasteiger charge is -2.39. The second-order valence-electron chi connectivity index (χ2n) is 5.63. The first-order valence-corrected chi connectivity index (χ1v) is 6.48. The monoisotopic (exact) mass is 266 g/mol. The average molecular weight is 266 g/mol. The lowest BCUT2D eigenvalue weighted by molar-refractivity contribution is -0.250. The van der Waals surface area contributed by atoms with Crippen LogP contribution < -0.4 is 0 Å². The molecular weight excluding hydrogens is 244 g/mol. The number of rotatable bonds is 5. The first-order chi connectivity index (χ1) is 8.73. The molecule has 0 aliphatic carbocycles. The van der Waals surface area contributed by atoms with Gasteiger partial charge in [-0.05, 0) is 18.8 Å². The molecule has 0 saturated carbocycles. The number of carbonyl (C=O) groups excluding carboxylic acids is 2. The van der Waals surface area contributed by atoms with E-state index in [1.807, 2.05) is 26.0 Å². The van der Waals surface area contributed by atoms with E-state index in [1.165, 1.54) is 0 Å². The maximum absolute atomic E-state index is 12.2. The van der Waals surface area contributed by atoms with Crippen molar-refractivity contribution in [1.82, 2.24) is 0 Å². The Morgan fingerprint density at radius 3 is 2.11 bits per heavy atom. The van der Waals surface area contributed by atoms with Crippen molar-refractivity contribution in [2.45, 2.75) is 46.3 Å². The fourth-order valence-corrected chi connectivity index (χ4v) is 1.95. The number of carbonyl (C=O) groups is 2. The quantitative estimate of drug-likeness (QED) is 0.436. The molecule has 1 heterocycles. The standard InChI is InChI=1S/C15H22O4/c1-6-9-15(10-7-8-11(2)3)12(16)18-14(4,5)19-13(15)17/h6-8,11H,1,9-10H2,2-5H3/b8-7+. The summed E-state index contributed by atoms with van der Waals surface area (Å²) in [6.07, 6.45) is 5.80. The van der Waals surface area contributed by atoms with Crippen molar-refractivity contribution in [2.24, 2.45) is 11.3 Å². The van der Waals surface area contributed by atoms with Gasteiger partial charge in [0.2, 0.25) is 0 Å². The normalized spacial score (nSPS) is 21.3. The highest BCUT2D eigenvalue weighted by Gasteiger charge is 2.54. The van der Waals surface area contributed by atoms with E-state index >= 15 is 0 Å². The highest BCUT2D eigenvalue weighted by atomic mass is 16.7. The average Bonchev–Trinajstić information content (AvgIpc) is 2.23. The largest absolute Gasteiger partial charge is 0.422 e. The van der Waals surface area contributed by atoms with Gasteiger partial charge in [-0.25, -0.2) is 0 Å². The Labute approximate surface area is 114 Å². The highest BCUT2D eigenvalue weighted by Crippen LogP contribution is 2.38. The van der Waals surface area contributed by atoms with Gasteiger partial charge in [0.1, 0.15) is 0 Å². The van der Waals surface area contributed by atoms with E-state index in [-0.39, 0.29) is 12.8 Å². The van der Waals surface area contributed by atoms with Crippen LogP contribution in [0, 0.1) is 11.3 Å². The molecule has 0 spiro atoms. The Morgan fingerprint density at radius 2 is 1.68 bits per heavy atom. The minimum absolute atomic E-state index is 0.211. The van der Waals surface area contributed by atoms with Gasteiger partial charge in [-0.1, -0.05) is 32.1 Å². The van der Waals surface area contributed by atoms with Crippen molar-refractivity contribution >= 4 is 11.9 Å². The van der Waals surface area contributed by atoms with Gasteiger partial charge in [0.25, 0.3) is 5.79 Å². The summed E-state index contributed by atoms with van der Waals surface area (Å²) >= 11 is 0. The Hall–Kier alpha value is -1.58. The van der Waals surface area contributed by atoms with Gasteiger partial charge in [0, 0.05) is 13.8 Å². The molecule has 1 aliphatic rings. The van der Waals surface area contributed by atoms with Crippen molar-refractivity contribution < 1.29 is 19.1 Å². The molecule has 0 unspecified atom stereocenters. The molecule has 0 amide bonds. The van der Waals surface area contributed by atoms with Crippen LogP contribution in [0.25, 0.3) is 0 Å². The van der Waals surface area contributed by atoms with Crippen LogP contribution in [0.1, 0.15) is 40.5 Å². The van der Waals surface area contributed by atoms with Gasteiger partial charge >= 0.3 is 11.9 Å². The molecular formula is C15H22O4. The summed E-state index contributed by atoms with van der Waals surface area (Å²) in [7, 11) is 0. The molecule has 0 aromatic rings. The van der Waals surface area contributed by atoms with Crippen LogP contribution in [0.5, 0.6) is 0 Å². The first-order valence-electron chi connectivity index (χ1n) is 6.48. The minimum Gasteiger partial charge on any atom is -0.422 e. The summed E-state index contributed by atoms with van der Waals surface area (Å²) in [5, 5.41) is 0. The van der Waals surface area contributed by atoms with E-state index in [1.54, 1.807) is 19.9 Å². The minimum atomic E-state index is -1.29. The third-order valence-corrected chi connectivity index (χ3v) is 2.94. The number of hydrogen-bond donors (Lipinski definition) is 0. The Morgan fingerprint density at radius 1 is 1.16 bits per heavy atom. The molecule has 1 rings (SSSR count). The second-order valence-corrected chi connectivity index (χ2v) is 5.63. The maximum atomic E-state index is 12.2. The molecule has 1 saturated heterocycles. The zero-order valence-corrected chi connectivity index (χ0v) is 12.1. The molecule has 0 bridgehead atoms. The van der Waals surface area contributed by atoms with Crippen molar-refractivity contribution in [3.63, 3.8) is 0 Å². The van der Waals surface area contributed by atoms with E-state index in [9.17, 15) is 9.59 Å². The van der Waals surface area contributed by atoms with E-state index in [4.69, 9.17) is 9.47 Å². The fraction of sp³-hybridized carbons (Fsp3) is 0.600. The lowest BCUT2D eigenvalue weighted by atomic mass is 9.80. The Kier molecular flexibility index (Phi) is 4.56. The molecule has 19 heavy (non-hydrogen) atoms. The summed E-state index contributed by atoms with van der Waals surface area (Å²) < 4.78 is 10.4. The summed E-state index contributed by atoms with van der Waals surface area (Å²) in [6, 6.07) is 0. The number of ether oxygens (including phenoxy) is 2. The van der Waals surface area contributed by atoms with Crippen LogP contribution in [0.4, 0.5) is 0 Å². The van der Waals surface area contributed by atoms with Crippen LogP contribution in [-0.4, -0.2) is 17.7 Å². The molecule has 0 aromatic carbocycles. The molecule has 0 radical (unpaired) electrons. The molecule has 1 fully saturated rings. The molecule has 106 valence electrons. The van der Waals surface area contributed by atoms with Gasteiger partial charge in [0.15, 0.2) is 5.41 Å². The van der Waals surface area contributed by atoms with Crippen molar-refractivity contribution in [2.75, 3.05) is 0 Å². The molecule has 0 aromatic heterocycles. The third-order valence-electron chi connectivity index (χ3n) is 2.94. The summed E-state index contributed by atoms with van der Waals surface area (Å²) in [5.74, 6) is -1.92. The van der Waals surface area contributed by atoms with Gasteiger partial charge in [0.05, 0.1) is 0 Å². The zero-order chi connectivity index (χ0) is 14.7. The van der Waals surface area contributed by atoms with E-state index in [2.05, 4.69) is 6.58 Å². The van der Waals surface area contributed by atoms with Gasteiger partial charge in [-0.3, -0.25) is 9.59 Å². The number of esters is 2. The Bertz CT molecular complexity index is 384. The fourth-order valence-electron chi connectivity index (χ4n) is 1.95. The SMILES string of the molecule is C=CCC1(C/C=C/C(C)C)C(=O)OC(C)(C)OC1=O. The Balaban J connectivity index is 3.01. The van der Waals surface area contributed by atoms with Gasteiger partial charge < -0.3 is 9.47 Å². The summed E-state index contributed by atoms with van der Waals surface area (Å²) in [5.41, 5.74) is -1.29. The third kappa shape index (κ3) is 3.46. The second kappa shape index (κ2) is 5.59. The number of hydrogen-bond acceptors (Lipinski definition) is 4.